The molecule has 0 atom stereocenters. The number of alkyl halides is 3. The summed E-state index contributed by atoms with van der Waals surface area (Å²) in [5.74, 6) is -0.608. The zero-order chi connectivity index (χ0) is 18.9. The summed E-state index contributed by atoms with van der Waals surface area (Å²) in [7, 11) is 0. The van der Waals surface area contributed by atoms with E-state index in [1.54, 1.807) is 24.3 Å². The van der Waals surface area contributed by atoms with Gasteiger partial charge in [-0.1, -0.05) is 28.1 Å². The number of halogens is 4. The lowest BCUT2D eigenvalue weighted by Gasteiger charge is -2.10. The van der Waals surface area contributed by atoms with Gasteiger partial charge in [0.25, 0.3) is 0 Å². The fraction of sp³-hybridized carbons (Fsp3) is 0.111. The molecule has 26 heavy (non-hydrogen) atoms. The van der Waals surface area contributed by atoms with Gasteiger partial charge in [-0.25, -0.2) is 4.79 Å². The van der Waals surface area contributed by atoms with Crippen molar-refractivity contribution < 1.29 is 27.1 Å². The van der Waals surface area contributed by atoms with Crippen molar-refractivity contribution in [1.82, 2.24) is 0 Å². The lowest BCUT2D eigenvalue weighted by molar-refractivity contribution is -0.136. The molecule has 0 bridgehead atoms. The van der Waals surface area contributed by atoms with Gasteiger partial charge in [0.15, 0.2) is 0 Å². The van der Waals surface area contributed by atoms with Crippen LogP contribution in [0.25, 0.3) is 11.0 Å². The molecule has 3 rings (SSSR count). The Kier molecular flexibility index (Phi) is 4.86. The quantitative estimate of drug-likeness (QED) is 0.345. The highest BCUT2D eigenvalue weighted by Gasteiger charge is 2.33. The number of carbonyl (C=O) groups is 1. The second-order valence-corrected chi connectivity index (χ2v) is 6.33. The number of benzene rings is 2. The zero-order valence-corrected chi connectivity index (χ0v) is 14.6. The Balaban J connectivity index is 1.86. The maximum atomic E-state index is 13.0. The standard InChI is InChI=1S/C18H10BrF3O4/c19-11-3-1-10(2-4-11)7-16(23)25-12-5-6-13-14(18(20,21)22)9-17(24)26-15(13)8-12/h1-6,8-9H,7H2. The van der Waals surface area contributed by atoms with E-state index in [0.29, 0.717) is 11.6 Å². The highest BCUT2D eigenvalue weighted by molar-refractivity contribution is 9.10. The first-order valence-corrected chi connectivity index (χ1v) is 8.12. The molecule has 0 unspecified atom stereocenters. The van der Waals surface area contributed by atoms with E-state index in [4.69, 9.17) is 9.15 Å². The molecule has 0 spiro atoms. The number of hydrogen-bond donors (Lipinski definition) is 0. The summed E-state index contributed by atoms with van der Waals surface area (Å²) >= 11 is 3.28. The second kappa shape index (κ2) is 6.95. The number of carbonyl (C=O) groups excluding carboxylic acids is 1. The Morgan fingerprint density at radius 3 is 2.42 bits per heavy atom. The van der Waals surface area contributed by atoms with Crippen molar-refractivity contribution in [2.45, 2.75) is 12.6 Å². The summed E-state index contributed by atoms with van der Waals surface area (Å²) in [6, 6.07) is 10.8. The van der Waals surface area contributed by atoms with Crippen LogP contribution in [0, 0.1) is 0 Å². The molecule has 0 aliphatic heterocycles. The highest BCUT2D eigenvalue weighted by atomic mass is 79.9. The van der Waals surface area contributed by atoms with Crippen molar-refractivity contribution >= 4 is 32.9 Å². The van der Waals surface area contributed by atoms with E-state index in [-0.39, 0.29) is 23.1 Å². The van der Waals surface area contributed by atoms with Gasteiger partial charge in [-0.2, -0.15) is 13.2 Å². The van der Waals surface area contributed by atoms with Gasteiger partial charge in [0.05, 0.1) is 12.0 Å². The average Bonchev–Trinajstić information content (AvgIpc) is 2.55. The molecule has 1 aromatic heterocycles. The molecule has 1 heterocycles. The van der Waals surface area contributed by atoms with E-state index in [9.17, 15) is 22.8 Å². The van der Waals surface area contributed by atoms with Crippen LogP contribution in [-0.4, -0.2) is 5.97 Å². The fourth-order valence-corrected chi connectivity index (χ4v) is 2.64. The molecule has 0 saturated heterocycles. The molecule has 0 aliphatic rings. The molecule has 0 radical (unpaired) electrons. The number of fused-ring (bicyclic) bond motifs is 1. The minimum atomic E-state index is -4.70. The molecule has 4 nitrogen and oxygen atoms in total. The molecule has 0 aliphatic carbocycles. The third-order valence-corrected chi connectivity index (χ3v) is 4.04. The van der Waals surface area contributed by atoms with Crippen LogP contribution in [0.4, 0.5) is 13.2 Å². The van der Waals surface area contributed by atoms with Crippen molar-refractivity contribution in [1.29, 1.82) is 0 Å². The molecule has 0 amide bonds. The predicted octanol–water partition coefficient (Wildman–Crippen LogP) is 4.72. The maximum Gasteiger partial charge on any atom is 0.417 e. The van der Waals surface area contributed by atoms with Crippen molar-refractivity contribution in [2.75, 3.05) is 0 Å². The molecule has 0 N–H and O–H groups in total. The number of hydrogen-bond acceptors (Lipinski definition) is 4. The van der Waals surface area contributed by atoms with E-state index < -0.39 is 23.3 Å². The summed E-state index contributed by atoms with van der Waals surface area (Å²) < 4.78 is 49.8. The minimum Gasteiger partial charge on any atom is -0.426 e. The Morgan fingerprint density at radius 1 is 1.08 bits per heavy atom. The Morgan fingerprint density at radius 2 is 1.77 bits per heavy atom. The van der Waals surface area contributed by atoms with E-state index in [2.05, 4.69) is 15.9 Å². The third-order valence-electron chi connectivity index (χ3n) is 3.51. The molecular formula is C18H10BrF3O4. The smallest absolute Gasteiger partial charge is 0.417 e. The third kappa shape index (κ3) is 4.13. The van der Waals surface area contributed by atoms with Gasteiger partial charge in [-0.05, 0) is 29.8 Å². The minimum absolute atomic E-state index is 0.0120. The second-order valence-electron chi connectivity index (χ2n) is 5.41. The van der Waals surface area contributed by atoms with Crippen molar-refractivity contribution in [3.05, 3.63) is 74.6 Å². The van der Waals surface area contributed by atoms with Gasteiger partial charge in [0.2, 0.25) is 0 Å². The van der Waals surface area contributed by atoms with E-state index in [1.165, 1.54) is 6.07 Å². The van der Waals surface area contributed by atoms with Crippen LogP contribution in [0.15, 0.2) is 62.2 Å². The van der Waals surface area contributed by atoms with Crippen LogP contribution >= 0.6 is 15.9 Å². The molecule has 8 heteroatoms. The Hall–Kier alpha value is -2.61. The van der Waals surface area contributed by atoms with Crippen LogP contribution in [0.2, 0.25) is 0 Å². The molecule has 0 saturated carbocycles. The zero-order valence-electron chi connectivity index (χ0n) is 13.0. The summed E-state index contributed by atoms with van der Waals surface area (Å²) in [6.45, 7) is 0. The van der Waals surface area contributed by atoms with Gasteiger partial charge < -0.3 is 9.15 Å². The van der Waals surface area contributed by atoms with Gasteiger partial charge in [-0.3, -0.25) is 4.79 Å². The topological polar surface area (TPSA) is 56.5 Å². The van der Waals surface area contributed by atoms with E-state index in [0.717, 1.165) is 16.6 Å². The van der Waals surface area contributed by atoms with Crippen molar-refractivity contribution in [2.24, 2.45) is 0 Å². The van der Waals surface area contributed by atoms with Crippen LogP contribution in [0.3, 0.4) is 0 Å². The largest absolute Gasteiger partial charge is 0.426 e. The molecule has 3 aromatic rings. The van der Waals surface area contributed by atoms with Crippen molar-refractivity contribution in [3.8, 4) is 5.75 Å². The summed E-state index contributed by atoms with van der Waals surface area (Å²) in [4.78, 5) is 23.4. The maximum absolute atomic E-state index is 13.0. The van der Waals surface area contributed by atoms with Crippen LogP contribution < -0.4 is 10.4 Å². The van der Waals surface area contributed by atoms with Gasteiger partial charge in [0.1, 0.15) is 11.3 Å². The van der Waals surface area contributed by atoms with Crippen LogP contribution in [-0.2, 0) is 17.4 Å². The monoisotopic (exact) mass is 426 g/mol. The first kappa shape index (κ1) is 18.2. The van der Waals surface area contributed by atoms with E-state index >= 15 is 0 Å². The fourth-order valence-electron chi connectivity index (χ4n) is 2.38. The molecule has 134 valence electrons. The van der Waals surface area contributed by atoms with Crippen LogP contribution in [0.5, 0.6) is 5.75 Å². The van der Waals surface area contributed by atoms with Gasteiger partial charge in [0, 0.05) is 22.0 Å². The number of ether oxygens (including phenoxy) is 1. The number of esters is 1. The lowest BCUT2D eigenvalue weighted by Crippen LogP contribution is -2.12. The van der Waals surface area contributed by atoms with E-state index in [1.807, 2.05) is 0 Å². The first-order chi connectivity index (χ1) is 12.2. The van der Waals surface area contributed by atoms with Gasteiger partial charge >= 0.3 is 17.8 Å². The van der Waals surface area contributed by atoms with Crippen LogP contribution in [0.1, 0.15) is 11.1 Å². The Labute approximate surface area is 153 Å². The average molecular weight is 427 g/mol. The first-order valence-electron chi connectivity index (χ1n) is 7.32. The molecular weight excluding hydrogens is 417 g/mol. The summed E-state index contributed by atoms with van der Waals surface area (Å²) in [5.41, 5.74) is -1.83. The van der Waals surface area contributed by atoms with Crippen molar-refractivity contribution in [3.63, 3.8) is 0 Å². The normalized spacial score (nSPS) is 11.5. The SMILES string of the molecule is O=C(Cc1ccc(Br)cc1)Oc1ccc2c(C(F)(F)F)cc(=O)oc2c1. The summed E-state index contributed by atoms with van der Waals surface area (Å²) in [5, 5.41) is -0.287. The number of rotatable bonds is 3. The molecule has 2 aromatic carbocycles. The summed E-state index contributed by atoms with van der Waals surface area (Å²) in [6.07, 6.45) is -4.72. The molecule has 0 fully saturated rings. The predicted molar refractivity (Wildman–Crippen MR) is 91.0 cm³/mol. The lowest BCUT2D eigenvalue weighted by atomic mass is 10.1. The Bertz CT molecular complexity index is 1020. The highest BCUT2D eigenvalue weighted by Crippen LogP contribution is 2.34. The van der Waals surface area contributed by atoms with Gasteiger partial charge in [-0.15, -0.1) is 0 Å².